The van der Waals surface area contributed by atoms with E-state index in [0.29, 0.717) is 25.9 Å². The molecule has 0 atom stereocenters. The fourth-order valence-corrected chi connectivity index (χ4v) is 2.41. The Labute approximate surface area is 123 Å². The van der Waals surface area contributed by atoms with Crippen molar-refractivity contribution in [3.63, 3.8) is 0 Å². The molecular weight excluding hydrogens is 271 g/mol. The van der Waals surface area contributed by atoms with Gasteiger partial charge in [-0.25, -0.2) is 4.39 Å². The lowest BCUT2D eigenvalue weighted by molar-refractivity contribution is -0.131. The average molecular weight is 290 g/mol. The van der Waals surface area contributed by atoms with Crippen LogP contribution in [0.3, 0.4) is 0 Å². The first-order valence-corrected chi connectivity index (χ1v) is 7.04. The maximum absolute atomic E-state index is 12.8. The Morgan fingerprint density at radius 3 is 2.43 bits per heavy atom. The van der Waals surface area contributed by atoms with Gasteiger partial charge in [0.15, 0.2) is 0 Å². The molecule has 5 heteroatoms. The highest BCUT2D eigenvalue weighted by Gasteiger charge is 2.25. The molecule has 1 aromatic rings. The van der Waals surface area contributed by atoms with Crippen molar-refractivity contribution >= 4 is 17.9 Å². The quantitative estimate of drug-likeness (QED) is 0.863. The first-order valence-electron chi connectivity index (χ1n) is 7.04. The number of rotatable bonds is 3. The van der Waals surface area contributed by atoms with E-state index in [4.69, 9.17) is 0 Å². The van der Waals surface area contributed by atoms with Crippen LogP contribution in [-0.2, 0) is 9.59 Å². The number of nitrogens with one attached hydrogen (secondary N) is 1. The summed E-state index contributed by atoms with van der Waals surface area (Å²) in [6, 6.07) is 5.96. The summed E-state index contributed by atoms with van der Waals surface area (Å²) in [6.07, 6.45) is 4.55. The van der Waals surface area contributed by atoms with E-state index in [1.54, 1.807) is 30.2 Å². The molecule has 112 valence electrons. The summed E-state index contributed by atoms with van der Waals surface area (Å²) in [7, 11) is 1.63. The molecule has 2 rings (SSSR count). The second kappa shape index (κ2) is 7.02. The standard InChI is InChI=1S/C16H19FN2O2/c1-18-16(21)13-8-10-19(11-9-13)15(20)7-4-12-2-5-14(17)6-3-12/h2-7,13H,8-11H2,1H3,(H,18,21)/b7-4+. The van der Waals surface area contributed by atoms with Crippen LogP contribution in [0.4, 0.5) is 4.39 Å². The maximum Gasteiger partial charge on any atom is 0.246 e. The zero-order valence-corrected chi connectivity index (χ0v) is 12.0. The Morgan fingerprint density at radius 2 is 1.86 bits per heavy atom. The van der Waals surface area contributed by atoms with Crippen LogP contribution in [0.2, 0.25) is 0 Å². The summed E-state index contributed by atoms with van der Waals surface area (Å²) >= 11 is 0. The van der Waals surface area contributed by atoms with Gasteiger partial charge in [-0.1, -0.05) is 12.1 Å². The normalized spacial score (nSPS) is 16.2. The fourth-order valence-electron chi connectivity index (χ4n) is 2.41. The second-order valence-electron chi connectivity index (χ2n) is 5.10. The molecule has 1 aliphatic heterocycles. The van der Waals surface area contributed by atoms with Gasteiger partial charge in [0.25, 0.3) is 0 Å². The van der Waals surface area contributed by atoms with Gasteiger partial charge in [-0.05, 0) is 36.6 Å². The van der Waals surface area contributed by atoms with E-state index in [-0.39, 0.29) is 23.5 Å². The zero-order valence-electron chi connectivity index (χ0n) is 12.0. The molecule has 0 saturated carbocycles. The van der Waals surface area contributed by atoms with Crippen LogP contribution in [0.1, 0.15) is 18.4 Å². The van der Waals surface area contributed by atoms with E-state index in [1.807, 2.05) is 0 Å². The van der Waals surface area contributed by atoms with E-state index in [0.717, 1.165) is 5.56 Å². The highest BCUT2D eigenvalue weighted by molar-refractivity contribution is 5.92. The SMILES string of the molecule is CNC(=O)C1CCN(C(=O)/C=C/c2ccc(F)cc2)CC1. The summed E-state index contributed by atoms with van der Waals surface area (Å²) in [4.78, 5) is 25.3. The van der Waals surface area contributed by atoms with Gasteiger partial charge in [-0.2, -0.15) is 0 Å². The lowest BCUT2D eigenvalue weighted by Gasteiger charge is -2.30. The number of amides is 2. The number of carbonyl (C=O) groups is 2. The van der Waals surface area contributed by atoms with E-state index < -0.39 is 0 Å². The third-order valence-electron chi connectivity index (χ3n) is 3.71. The molecule has 1 N–H and O–H groups in total. The molecular formula is C16H19FN2O2. The molecule has 21 heavy (non-hydrogen) atoms. The predicted molar refractivity (Wildman–Crippen MR) is 78.8 cm³/mol. The lowest BCUT2D eigenvalue weighted by atomic mass is 9.96. The van der Waals surface area contributed by atoms with Gasteiger partial charge in [0.05, 0.1) is 0 Å². The second-order valence-corrected chi connectivity index (χ2v) is 5.10. The Hall–Kier alpha value is -2.17. The minimum atomic E-state index is -0.297. The van der Waals surface area contributed by atoms with Crippen LogP contribution >= 0.6 is 0 Å². The van der Waals surface area contributed by atoms with Crippen LogP contribution in [0.25, 0.3) is 6.08 Å². The molecule has 2 amide bonds. The zero-order chi connectivity index (χ0) is 15.2. The van der Waals surface area contributed by atoms with Gasteiger partial charge < -0.3 is 10.2 Å². The number of hydrogen-bond donors (Lipinski definition) is 1. The van der Waals surface area contributed by atoms with Crippen LogP contribution in [0.15, 0.2) is 30.3 Å². The van der Waals surface area contributed by atoms with Crippen LogP contribution in [-0.4, -0.2) is 36.9 Å². The number of hydrogen-bond acceptors (Lipinski definition) is 2. The third kappa shape index (κ3) is 4.15. The summed E-state index contributed by atoms with van der Waals surface area (Å²) in [6.45, 7) is 1.18. The maximum atomic E-state index is 12.8. The summed E-state index contributed by atoms with van der Waals surface area (Å²) in [5.74, 6) is -0.325. The average Bonchev–Trinajstić information content (AvgIpc) is 2.53. The van der Waals surface area contributed by atoms with Crippen molar-refractivity contribution in [2.45, 2.75) is 12.8 Å². The van der Waals surface area contributed by atoms with Gasteiger partial charge in [-0.3, -0.25) is 9.59 Å². The molecule has 1 heterocycles. The monoisotopic (exact) mass is 290 g/mol. The number of carbonyl (C=O) groups excluding carboxylic acids is 2. The largest absolute Gasteiger partial charge is 0.359 e. The van der Waals surface area contributed by atoms with E-state index >= 15 is 0 Å². The van der Waals surface area contributed by atoms with Crippen LogP contribution in [0.5, 0.6) is 0 Å². The molecule has 0 unspecified atom stereocenters. The van der Waals surface area contributed by atoms with Gasteiger partial charge in [-0.15, -0.1) is 0 Å². The first kappa shape index (κ1) is 15.2. The first-order chi connectivity index (χ1) is 10.1. The summed E-state index contributed by atoms with van der Waals surface area (Å²) in [5, 5.41) is 2.64. The number of halogens is 1. The molecule has 0 aromatic heterocycles. The van der Waals surface area contributed by atoms with Crippen LogP contribution in [0, 0.1) is 11.7 Å². The molecule has 1 aromatic carbocycles. The molecule has 4 nitrogen and oxygen atoms in total. The Bertz CT molecular complexity index is 532. The molecule has 0 aliphatic carbocycles. The van der Waals surface area contributed by atoms with Crippen molar-refractivity contribution in [2.24, 2.45) is 5.92 Å². The third-order valence-corrected chi connectivity index (χ3v) is 3.71. The Balaban J connectivity index is 1.87. The topological polar surface area (TPSA) is 49.4 Å². The number of nitrogens with zero attached hydrogens (tertiary/aromatic N) is 1. The summed E-state index contributed by atoms with van der Waals surface area (Å²) < 4.78 is 12.8. The van der Waals surface area contributed by atoms with Crippen molar-refractivity contribution < 1.29 is 14.0 Å². The van der Waals surface area contributed by atoms with E-state index in [9.17, 15) is 14.0 Å². The van der Waals surface area contributed by atoms with E-state index in [1.165, 1.54) is 18.2 Å². The van der Waals surface area contributed by atoms with Gasteiger partial charge in [0.2, 0.25) is 11.8 Å². The molecule has 1 aliphatic rings. The number of benzene rings is 1. The summed E-state index contributed by atoms with van der Waals surface area (Å²) in [5.41, 5.74) is 0.782. The predicted octanol–water partition coefficient (Wildman–Crippen LogP) is 1.82. The molecule has 1 saturated heterocycles. The van der Waals surface area contributed by atoms with Gasteiger partial charge in [0, 0.05) is 32.1 Å². The number of likely N-dealkylation sites (tertiary alicyclic amines) is 1. The van der Waals surface area contributed by atoms with Crippen molar-refractivity contribution in [2.75, 3.05) is 20.1 Å². The van der Waals surface area contributed by atoms with Crippen molar-refractivity contribution in [1.29, 1.82) is 0 Å². The highest BCUT2D eigenvalue weighted by atomic mass is 19.1. The Kier molecular flexibility index (Phi) is 5.09. The van der Waals surface area contributed by atoms with Crippen molar-refractivity contribution in [3.8, 4) is 0 Å². The van der Waals surface area contributed by atoms with Gasteiger partial charge in [0.1, 0.15) is 5.82 Å². The van der Waals surface area contributed by atoms with Crippen molar-refractivity contribution in [1.82, 2.24) is 10.2 Å². The minimum Gasteiger partial charge on any atom is -0.359 e. The molecule has 1 fully saturated rings. The lowest BCUT2D eigenvalue weighted by Crippen LogP contribution is -2.41. The molecule has 0 spiro atoms. The highest BCUT2D eigenvalue weighted by Crippen LogP contribution is 2.17. The molecule has 0 radical (unpaired) electrons. The smallest absolute Gasteiger partial charge is 0.246 e. The van der Waals surface area contributed by atoms with Crippen molar-refractivity contribution in [3.05, 3.63) is 41.7 Å². The van der Waals surface area contributed by atoms with Gasteiger partial charge >= 0.3 is 0 Å². The van der Waals surface area contributed by atoms with Crippen LogP contribution < -0.4 is 5.32 Å². The fraction of sp³-hybridized carbons (Fsp3) is 0.375. The minimum absolute atomic E-state index is 0.000119. The Morgan fingerprint density at radius 1 is 1.24 bits per heavy atom. The molecule has 0 bridgehead atoms. The number of piperidine rings is 1. The van der Waals surface area contributed by atoms with E-state index in [2.05, 4.69) is 5.32 Å².